The Kier molecular flexibility index (Phi) is 15.6. The maximum absolute atomic E-state index is 10.6. The highest BCUT2D eigenvalue weighted by Gasteiger charge is 2.00. The van der Waals surface area contributed by atoms with Gasteiger partial charge in [-0.3, -0.25) is 4.79 Å². The summed E-state index contributed by atoms with van der Waals surface area (Å²) in [4.78, 5) is 10.6. The number of aliphatic hydroxyl groups excluding tert-OH is 1. The molecule has 0 spiro atoms. The van der Waals surface area contributed by atoms with Crippen molar-refractivity contribution in [1.29, 1.82) is 0 Å². The molecule has 0 heterocycles. The van der Waals surface area contributed by atoms with Crippen molar-refractivity contribution in [3.8, 4) is 0 Å². The van der Waals surface area contributed by atoms with Crippen molar-refractivity contribution in [3.63, 3.8) is 0 Å². The number of hydrogen-bond donors (Lipinski definition) is 2. The number of aliphatic hydroxyl groups is 1. The number of carbonyl (C=O) groups is 1. The molecule has 0 aliphatic carbocycles. The van der Waals surface area contributed by atoms with Crippen LogP contribution in [-0.4, -0.2) is 17.1 Å². The van der Waals surface area contributed by atoms with E-state index in [2.05, 4.69) is 19.1 Å². The molecule has 0 aromatic carbocycles. The summed E-state index contributed by atoms with van der Waals surface area (Å²) in [7, 11) is 0. The summed E-state index contributed by atoms with van der Waals surface area (Å²) >= 11 is 0. The van der Waals surface area contributed by atoms with Gasteiger partial charge in [0, 0.05) is 6.42 Å². The maximum atomic E-state index is 10.6. The first kappa shape index (κ1) is 21.4. The third-order valence-corrected chi connectivity index (χ3v) is 3.42. The second-order valence-corrected chi connectivity index (χ2v) is 5.71. The van der Waals surface area contributed by atoms with Gasteiger partial charge in [-0.1, -0.05) is 81.2 Å². The molecular formula is C20H33NO2. The Labute approximate surface area is 141 Å². The first-order valence-corrected chi connectivity index (χ1v) is 8.79. The van der Waals surface area contributed by atoms with Crippen LogP contribution in [0.15, 0.2) is 48.6 Å². The van der Waals surface area contributed by atoms with Crippen molar-refractivity contribution < 1.29 is 9.90 Å². The minimum absolute atomic E-state index is 0.319. The van der Waals surface area contributed by atoms with Gasteiger partial charge < -0.3 is 10.8 Å². The van der Waals surface area contributed by atoms with E-state index in [0.717, 1.165) is 6.42 Å². The lowest BCUT2D eigenvalue weighted by atomic mass is 10.1. The van der Waals surface area contributed by atoms with Crippen LogP contribution >= 0.6 is 0 Å². The minimum Gasteiger partial charge on any atom is -0.389 e. The molecule has 0 aromatic heterocycles. The van der Waals surface area contributed by atoms with E-state index in [1.807, 2.05) is 30.4 Å². The molecule has 0 saturated carbocycles. The molecule has 3 N–H and O–H groups in total. The Balaban J connectivity index is 3.63. The Morgan fingerprint density at radius 2 is 1.61 bits per heavy atom. The summed E-state index contributed by atoms with van der Waals surface area (Å²) in [6.07, 6.45) is 24.3. The zero-order valence-corrected chi connectivity index (χ0v) is 14.5. The van der Waals surface area contributed by atoms with Crippen molar-refractivity contribution in [3.05, 3.63) is 48.6 Å². The molecule has 0 aromatic rings. The number of rotatable bonds is 14. The van der Waals surface area contributed by atoms with Gasteiger partial charge in [-0.25, -0.2) is 0 Å². The van der Waals surface area contributed by atoms with Crippen LogP contribution in [0, 0.1) is 0 Å². The fourth-order valence-electron chi connectivity index (χ4n) is 2.07. The van der Waals surface area contributed by atoms with E-state index in [0.29, 0.717) is 19.3 Å². The van der Waals surface area contributed by atoms with Crippen LogP contribution in [0.3, 0.4) is 0 Å². The highest BCUT2D eigenvalue weighted by atomic mass is 16.3. The molecule has 1 unspecified atom stereocenters. The summed E-state index contributed by atoms with van der Waals surface area (Å²) in [5.74, 6) is -0.319. The van der Waals surface area contributed by atoms with Crippen LogP contribution in [0.5, 0.6) is 0 Å². The predicted molar refractivity (Wildman–Crippen MR) is 99.0 cm³/mol. The number of primary amides is 1. The summed E-state index contributed by atoms with van der Waals surface area (Å²) < 4.78 is 0. The molecule has 0 fully saturated rings. The van der Waals surface area contributed by atoms with Gasteiger partial charge in [-0.15, -0.1) is 0 Å². The number of carbonyl (C=O) groups excluding carboxylic acids is 1. The number of hydrogen-bond acceptors (Lipinski definition) is 2. The van der Waals surface area contributed by atoms with E-state index in [9.17, 15) is 9.90 Å². The quantitative estimate of drug-likeness (QED) is 0.363. The van der Waals surface area contributed by atoms with Crippen LogP contribution < -0.4 is 5.73 Å². The topological polar surface area (TPSA) is 63.3 Å². The average molecular weight is 319 g/mol. The normalized spacial score (nSPS) is 13.8. The molecular weight excluding hydrogens is 286 g/mol. The molecule has 0 aliphatic rings. The zero-order chi connectivity index (χ0) is 17.2. The minimum atomic E-state index is -0.518. The van der Waals surface area contributed by atoms with Crippen molar-refractivity contribution in [2.24, 2.45) is 5.73 Å². The standard InChI is InChI=1S/C20H33NO2/c1-2-3-4-5-6-7-8-9-10-11-12-13-14-16-19(22)17-15-18-20(21)23/h8-14,16,19,22H,2-7,15,17-18H2,1H3,(H2,21,23)/b9-8+,11-10+,13-12-,16-14+. The van der Waals surface area contributed by atoms with Gasteiger partial charge in [-0.05, 0) is 25.7 Å². The van der Waals surface area contributed by atoms with Crippen molar-refractivity contribution >= 4 is 5.91 Å². The Hall–Kier alpha value is -1.61. The molecule has 130 valence electrons. The molecule has 0 aliphatic heterocycles. The monoisotopic (exact) mass is 319 g/mol. The fourth-order valence-corrected chi connectivity index (χ4v) is 2.07. The van der Waals surface area contributed by atoms with Crippen molar-refractivity contribution in [2.75, 3.05) is 0 Å². The third kappa shape index (κ3) is 18.3. The number of unbranched alkanes of at least 4 members (excludes halogenated alkanes) is 5. The maximum Gasteiger partial charge on any atom is 0.217 e. The van der Waals surface area contributed by atoms with Gasteiger partial charge in [0.15, 0.2) is 0 Å². The van der Waals surface area contributed by atoms with E-state index in [4.69, 9.17) is 5.73 Å². The highest BCUT2D eigenvalue weighted by Crippen LogP contribution is 2.05. The lowest BCUT2D eigenvalue weighted by Crippen LogP contribution is -2.11. The second-order valence-electron chi connectivity index (χ2n) is 5.71. The fraction of sp³-hybridized carbons (Fsp3) is 0.550. The lowest BCUT2D eigenvalue weighted by Gasteiger charge is -2.02. The Bertz CT molecular complexity index is 394. The van der Waals surface area contributed by atoms with Crippen LogP contribution in [0.2, 0.25) is 0 Å². The SMILES string of the molecule is CCCCCCC/C=C/C=C/C=C\C=C\C(O)CCCC(N)=O. The zero-order valence-electron chi connectivity index (χ0n) is 14.5. The average Bonchev–Trinajstić information content (AvgIpc) is 2.51. The molecule has 0 saturated heterocycles. The molecule has 23 heavy (non-hydrogen) atoms. The summed E-state index contributed by atoms with van der Waals surface area (Å²) in [5, 5.41) is 9.64. The summed E-state index contributed by atoms with van der Waals surface area (Å²) in [6, 6.07) is 0. The number of nitrogens with two attached hydrogens (primary N) is 1. The third-order valence-electron chi connectivity index (χ3n) is 3.42. The van der Waals surface area contributed by atoms with E-state index >= 15 is 0 Å². The van der Waals surface area contributed by atoms with Crippen molar-refractivity contribution in [1.82, 2.24) is 0 Å². The lowest BCUT2D eigenvalue weighted by molar-refractivity contribution is -0.118. The van der Waals surface area contributed by atoms with Gasteiger partial charge in [0.2, 0.25) is 5.91 Å². The van der Waals surface area contributed by atoms with E-state index in [1.165, 1.54) is 32.1 Å². The highest BCUT2D eigenvalue weighted by molar-refractivity contribution is 5.73. The van der Waals surface area contributed by atoms with Crippen LogP contribution in [-0.2, 0) is 4.79 Å². The molecule has 0 radical (unpaired) electrons. The first-order chi connectivity index (χ1) is 11.2. The molecule has 1 amide bonds. The smallest absolute Gasteiger partial charge is 0.217 e. The summed E-state index contributed by atoms with van der Waals surface area (Å²) in [5.41, 5.74) is 5.04. The Morgan fingerprint density at radius 1 is 0.957 bits per heavy atom. The predicted octanol–water partition coefficient (Wildman–Crippen LogP) is 4.59. The largest absolute Gasteiger partial charge is 0.389 e. The second kappa shape index (κ2) is 16.8. The molecule has 3 nitrogen and oxygen atoms in total. The summed E-state index contributed by atoms with van der Waals surface area (Å²) in [6.45, 7) is 2.23. The molecule has 0 rings (SSSR count). The van der Waals surface area contributed by atoms with Gasteiger partial charge >= 0.3 is 0 Å². The van der Waals surface area contributed by atoms with E-state index in [1.54, 1.807) is 6.08 Å². The van der Waals surface area contributed by atoms with Crippen molar-refractivity contribution in [2.45, 2.75) is 70.8 Å². The number of amides is 1. The molecule has 3 heteroatoms. The van der Waals surface area contributed by atoms with Gasteiger partial charge in [0.05, 0.1) is 6.10 Å². The number of allylic oxidation sites excluding steroid dienone is 7. The first-order valence-electron chi connectivity index (χ1n) is 8.79. The van der Waals surface area contributed by atoms with E-state index in [-0.39, 0.29) is 5.91 Å². The van der Waals surface area contributed by atoms with Gasteiger partial charge in [0.1, 0.15) is 0 Å². The van der Waals surface area contributed by atoms with Crippen LogP contribution in [0.25, 0.3) is 0 Å². The van der Waals surface area contributed by atoms with Gasteiger partial charge in [-0.2, -0.15) is 0 Å². The van der Waals surface area contributed by atoms with Crippen LogP contribution in [0.4, 0.5) is 0 Å². The van der Waals surface area contributed by atoms with E-state index < -0.39 is 6.10 Å². The Morgan fingerprint density at radius 3 is 2.30 bits per heavy atom. The molecule has 1 atom stereocenters. The molecule has 0 bridgehead atoms. The van der Waals surface area contributed by atoms with Gasteiger partial charge in [0.25, 0.3) is 0 Å². The van der Waals surface area contributed by atoms with Crippen LogP contribution in [0.1, 0.15) is 64.7 Å².